The van der Waals surface area contributed by atoms with Crippen molar-refractivity contribution >= 4 is 25.2 Å². The molecule has 0 nitrogen and oxygen atoms in total. The van der Waals surface area contributed by atoms with E-state index in [2.05, 4.69) is 26.2 Å². The summed E-state index contributed by atoms with van der Waals surface area (Å²) in [4.78, 5) is 0. The SMILES string of the molecule is C[SiH](C)[SiH][SiH](C)C. The highest BCUT2D eigenvalue weighted by Gasteiger charge is 1.99. The van der Waals surface area contributed by atoms with Crippen LogP contribution >= 0.6 is 0 Å². The fraction of sp³-hybridized carbons (Fsp3) is 1.00. The van der Waals surface area contributed by atoms with Gasteiger partial charge in [-0.05, 0) is 0 Å². The van der Waals surface area contributed by atoms with Gasteiger partial charge in [-0.15, -0.1) is 0 Å². The summed E-state index contributed by atoms with van der Waals surface area (Å²) in [6.07, 6.45) is 0. The van der Waals surface area contributed by atoms with Gasteiger partial charge in [0.15, 0.2) is 0 Å². The van der Waals surface area contributed by atoms with Crippen LogP contribution in [0.3, 0.4) is 0 Å². The molecule has 0 rings (SSSR count). The second-order valence-corrected chi connectivity index (χ2v) is 20.7. The van der Waals surface area contributed by atoms with E-state index in [-0.39, 0.29) is 16.6 Å². The van der Waals surface area contributed by atoms with Crippen molar-refractivity contribution < 1.29 is 0 Å². The first-order valence-electron chi connectivity index (χ1n) is 2.98. The first-order valence-corrected chi connectivity index (χ1v) is 12.9. The zero-order valence-corrected chi connectivity index (χ0v) is 9.20. The molecule has 0 N–H and O–H groups in total. The van der Waals surface area contributed by atoms with Gasteiger partial charge in [-0.3, -0.25) is 0 Å². The largest absolute Gasteiger partial charge is 0.0747 e. The highest BCUT2D eigenvalue weighted by atomic mass is 29.6. The molecule has 0 bridgehead atoms. The van der Waals surface area contributed by atoms with E-state index in [1.54, 1.807) is 0 Å². The summed E-state index contributed by atoms with van der Waals surface area (Å²) in [5.41, 5.74) is 0. The molecule has 1 radical (unpaired) electrons. The van der Waals surface area contributed by atoms with Gasteiger partial charge in [-0.25, -0.2) is 0 Å². The average molecular weight is 147 g/mol. The molecule has 0 aliphatic rings. The Labute approximate surface area is 51.9 Å². The number of hydrogen-bond acceptors (Lipinski definition) is 0. The molecule has 0 aromatic rings. The third-order valence-corrected chi connectivity index (χ3v) is 20.8. The van der Waals surface area contributed by atoms with Gasteiger partial charge < -0.3 is 0 Å². The molecule has 0 heterocycles. The van der Waals surface area contributed by atoms with Gasteiger partial charge in [0.05, 0.1) is 0 Å². The fourth-order valence-electron chi connectivity index (χ4n) is 0.770. The molecule has 0 spiro atoms. The van der Waals surface area contributed by atoms with E-state index < -0.39 is 0 Å². The van der Waals surface area contributed by atoms with Crippen LogP contribution in [0.25, 0.3) is 0 Å². The van der Waals surface area contributed by atoms with Crippen LogP contribution in [0.2, 0.25) is 26.2 Å². The van der Waals surface area contributed by atoms with Crippen molar-refractivity contribution in [3.63, 3.8) is 0 Å². The van der Waals surface area contributed by atoms with E-state index in [0.29, 0.717) is 0 Å². The maximum Gasteiger partial charge on any atom is 0.0158 e. The highest BCUT2D eigenvalue weighted by molar-refractivity contribution is 7.40. The lowest BCUT2D eigenvalue weighted by Crippen LogP contribution is -2.26. The Hall–Kier alpha value is 0.651. The molecule has 0 aliphatic heterocycles. The molecule has 3 heteroatoms. The topological polar surface area (TPSA) is 0 Å². The molecule has 0 amide bonds. The first-order chi connectivity index (χ1) is 3.13. The Morgan fingerprint density at radius 3 is 1.14 bits per heavy atom. The van der Waals surface area contributed by atoms with E-state index in [0.717, 1.165) is 8.55 Å². The lowest BCUT2D eigenvalue weighted by atomic mass is 11.9. The van der Waals surface area contributed by atoms with Crippen molar-refractivity contribution in [1.29, 1.82) is 0 Å². The monoisotopic (exact) mass is 147 g/mol. The summed E-state index contributed by atoms with van der Waals surface area (Å²) >= 11 is 0. The Morgan fingerprint density at radius 2 is 1.14 bits per heavy atom. The molecular formula is C4H15Si3. The van der Waals surface area contributed by atoms with E-state index >= 15 is 0 Å². The predicted molar refractivity (Wildman–Crippen MR) is 44.9 cm³/mol. The maximum absolute atomic E-state index is 2.47. The van der Waals surface area contributed by atoms with E-state index in [9.17, 15) is 0 Å². The summed E-state index contributed by atoms with van der Waals surface area (Å²) in [6.45, 7) is 9.90. The zero-order chi connectivity index (χ0) is 5.86. The quantitative estimate of drug-likeness (QED) is 0.496. The van der Waals surface area contributed by atoms with Crippen molar-refractivity contribution in [2.24, 2.45) is 0 Å². The van der Waals surface area contributed by atoms with Gasteiger partial charge in [0.2, 0.25) is 0 Å². The fourth-order valence-corrected chi connectivity index (χ4v) is 20.8. The van der Waals surface area contributed by atoms with Crippen LogP contribution in [0, 0.1) is 0 Å². The van der Waals surface area contributed by atoms with Crippen molar-refractivity contribution in [3.8, 4) is 0 Å². The maximum atomic E-state index is 2.47. The van der Waals surface area contributed by atoms with E-state index in [1.807, 2.05) is 0 Å². The molecule has 0 aliphatic carbocycles. The molecule has 43 valence electrons. The zero-order valence-electron chi connectivity index (χ0n) is 5.73. The van der Waals surface area contributed by atoms with Gasteiger partial charge in [0.25, 0.3) is 0 Å². The number of hydrogen-bond donors (Lipinski definition) is 0. The molecule has 0 saturated carbocycles. The van der Waals surface area contributed by atoms with Crippen LogP contribution in [-0.2, 0) is 0 Å². The van der Waals surface area contributed by atoms with Crippen molar-refractivity contribution in [1.82, 2.24) is 0 Å². The third kappa shape index (κ3) is 6.65. The van der Waals surface area contributed by atoms with Crippen molar-refractivity contribution in [2.45, 2.75) is 26.2 Å². The molecular weight excluding hydrogens is 132 g/mol. The summed E-state index contributed by atoms with van der Waals surface area (Å²) in [6, 6.07) is 0. The molecule has 0 unspecified atom stereocenters. The standard InChI is InChI=1S/C4H15Si3/c1-6(2)5-7(3)4/h5-7H,1-4H3. The third-order valence-electron chi connectivity index (χ3n) is 0.770. The lowest BCUT2D eigenvalue weighted by molar-refractivity contribution is 2.06. The summed E-state index contributed by atoms with van der Waals surface area (Å²) < 4.78 is 0. The molecule has 7 heavy (non-hydrogen) atoms. The van der Waals surface area contributed by atoms with Gasteiger partial charge in [0.1, 0.15) is 0 Å². The average Bonchev–Trinajstić information content (AvgIpc) is 1.27. The lowest BCUT2D eigenvalue weighted by Gasteiger charge is -2.01. The Balaban J connectivity index is 2.95. The van der Waals surface area contributed by atoms with Crippen molar-refractivity contribution in [3.05, 3.63) is 0 Å². The summed E-state index contributed by atoms with van der Waals surface area (Å²) in [5, 5.41) is 0. The highest BCUT2D eigenvalue weighted by Crippen LogP contribution is 1.80. The Kier molecular flexibility index (Phi) is 3.97. The molecule has 0 atom stereocenters. The summed E-state index contributed by atoms with van der Waals surface area (Å²) in [5.74, 6) is 0. The van der Waals surface area contributed by atoms with Crippen LogP contribution in [-0.4, -0.2) is 25.2 Å². The first kappa shape index (κ1) is 7.65. The predicted octanol–water partition coefficient (Wildman–Crippen LogP) is 0.390. The second-order valence-electron chi connectivity index (χ2n) is 2.68. The van der Waals surface area contributed by atoms with Gasteiger partial charge in [-0.1, -0.05) is 26.2 Å². The molecule has 0 aromatic carbocycles. The molecule has 0 fully saturated rings. The summed E-state index contributed by atoms with van der Waals surface area (Å²) in [7, 11) is 0.824. The van der Waals surface area contributed by atoms with Crippen LogP contribution in [0.15, 0.2) is 0 Å². The van der Waals surface area contributed by atoms with Gasteiger partial charge in [0, 0.05) is 25.2 Å². The smallest absolute Gasteiger partial charge is 0.0158 e. The Morgan fingerprint density at radius 1 is 0.857 bits per heavy atom. The minimum Gasteiger partial charge on any atom is -0.0747 e. The van der Waals surface area contributed by atoms with Crippen LogP contribution in [0.4, 0.5) is 0 Å². The number of rotatable bonds is 2. The minimum atomic E-state index is -0.0833. The van der Waals surface area contributed by atoms with Gasteiger partial charge >= 0.3 is 0 Å². The van der Waals surface area contributed by atoms with E-state index in [1.165, 1.54) is 0 Å². The van der Waals surface area contributed by atoms with Crippen LogP contribution in [0.5, 0.6) is 0 Å². The Bertz CT molecular complexity index is 36.2. The van der Waals surface area contributed by atoms with Crippen LogP contribution in [0.1, 0.15) is 0 Å². The molecule has 0 saturated heterocycles. The molecule has 0 aromatic heterocycles. The van der Waals surface area contributed by atoms with Crippen molar-refractivity contribution in [2.75, 3.05) is 0 Å². The van der Waals surface area contributed by atoms with E-state index in [4.69, 9.17) is 0 Å². The normalized spacial score (nSPS) is 11.1. The van der Waals surface area contributed by atoms with Crippen LogP contribution < -0.4 is 0 Å². The minimum absolute atomic E-state index is 0.0833. The van der Waals surface area contributed by atoms with Gasteiger partial charge in [-0.2, -0.15) is 0 Å². The second kappa shape index (κ2) is 3.63.